The maximum absolute atomic E-state index is 13.2. The van der Waals surface area contributed by atoms with E-state index < -0.39 is 0 Å². The molecule has 2 saturated heterocycles. The first-order valence-electron chi connectivity index (χ1n) is 12.0. The monoisotopic (exact) mass is 463 g/mol. The van der Waals surface area contributed by atoms with Crippen LogP contribution in [0.3, 0.4) is 0 Å². The van der Waals surface area contributed by atoms with E-state index in [1.165, 1.54) is 17.7 Å². The Balaban J connectivity index is 1.09. The average molecular weight is 464 g/mol. The van der Waals surface area contributed by atoms with E-state index in [9.17, 15) is 9.18 Å². The van der Waals surface area contributed by atoms with Gasteiger partial charge in [-0.2, -0.15) is 4.98 Å². The molecule has 0 spiro atoms. The zero-order valence-electron chi connectivity index (χ0n) is 19.5. The van der Waals surface area contributed by atoms with Gasteiger partial charge in [0, 0.05) is 43.3 Å². The molecule has 34 heavy (non-hydrogen) atoms. The lowest BCUT2D eigenvalue weighted by molar-refractivity contribution is -0.137. The quantitative estimate of drug-likeness (QED) is 0.574. The van der Waals surface area contributed by atoms with Crippen molar-refractivity contribution >= 4 is 11.6 Å². The molecule has 0 aliphatic carbocycles. The van der Waals surface area contributed by atoms with Crippen molar-refractivity contribution in [2.45, 2.75) is 26.3 Å². The highest BCUT2D eigenvalue weighted by atomic mass is 19.1. The summed E-state index contributed by atoms with van der Waals surface area (Å²) in [6.45, 7) is 7.31. The van der Waals surface area contributed by atoms with Gasteiger partial charge in [0.15, 0.2) is 0 Å². The summed E-state index contributed by atoms with van der Waals surface area (Å²) < 4.78 is 18.6. The minimum atomic E-state index is -0.227. The van der Waals surface area contributed by atoms with Crippen LogP contribution in [0.5, 0.6) is 0 Å². The van der Waals surface area contributed by atoms with E-state index in [-0.39, 0.29) is 17.6 Å². The number of likely N-dealkylation sites (tertiary alicyclic amines) is 1. The van der Waals surface area contributed by atoms with Crippen LogP contribution in [-0.4, -0.2) is 65.1 Å². The molecule has 0 N–H and O–H groups in total. The maximum Gasteiger partial charge on any atom is 0.241 e. The smallest absolute Gasteiger partial charge is 0.241 e. The normalized spacial score (nSPS) is 17.8. The number of hydrogen-bond donors (Lipinski definition) is 0. The molecule has 1 aromatic heterocycles. The molecule has 8 heteroatoms. The van der Waals surface area contributed by atoms with Crippen molar-refractivity contribution in [3.63, 3.8) is 0 Å². The Morgan fingerprint density at radius 3 is 2.32 bits per heavy atom. The number of rotatable bonds is 5. The number of carbonyl (C=O) groups is 1. The minimum Gasteiger partial charge on any atom is -0.368 e. The SMILES string of the molecule is Cc1ccc(-c2noc(CN3CCC(C(=O)N4CCN(c5ccc(F)cc5)CC4)CC3)n2)cc1. The Morgan fingerprint density at radius 1 is 0.971 bits per heavy atom. The second-order valence-electron chi connectivity index (χ2n) is 9.22. The van der Waals surface area contributed by atoms with Gasteiger partial charge in [-0.25, -0.2) is 4.39 Å². The molecule has 7 nitrogen and oxygen atoms in total. The minimum absolute atomic E-state index is 0.0689. The molecule has 0 atom stereocenters. The van der Waals surface area contributed by atoms with Crippen molar-refractivity contribution in [3.8, 4) is 11.4 Å². The highest BCUT2D eigenvalue weighted by Crippen LogP contribution is 2.24. The molecule has 2 aliphatic heterocycles. The molecule has 1 amide bonds. The zero-order valence-corrected chi connectivity index (χ0v) is 19.5. The van der Waals surface area contributed by atoms with Crippen LogP contribution >= 0.6 is 0 Å². The summed E-state index contributed by atoms with van der Waals surface area (Å²) >= 11 is 0. The Morgan fingerprint density at radius 2 is 1.65 bits per heavy atom. The van der Waals surface area contributed by atoms with Crippen LogP contribution in [0.1, 0.15) is 24.3 Å². The number of piperazine rings is 1. The number of nitrogens with zero attached hydrogens (tertiary/aromatic N) is 5. The number of carbonyl (C=O) groups excluding carboxylic acids is 1. The standard InChI is InChI=1S/C26H30FN5O2/c1-19-2-4-20(5-3-19)25-28-24(34-29-25)18-30-12-10-21(11-13-30)26(33)32-16-14-31(15-17-32)23-8-6-22(27)7-9-23/h2-9,21H,10-18H2,1H3. The number of amides is 1. The number of anilines is 1. The zero-order chi connectivity index (χ0) is 23.5. The largest absolute Gasteiger partial charge is 0.368 e. The molecule has 0 bridgehead atoms. The summed E-state index contributed by atoms with van der Waals surface area (Å²) in [7, 11) is 0. The highest BCUT2D eigenvalue weighted by molar-refractivity contribution is 5.79. The first-order chi connectivity index (χ1) is 16.5. The molecule has 0 radical (unpaired) electrons. The van der Waals surface area contributed by atoms with Crippen molar-refractivity contribution in [2.75, 3.05) is 44.2 Å². The van der Waals surface area contributed by atoms with Crippen LogP contribution in [0.25, 0.3) is 11.4 Å². The molecule has 5 rings (SSSR count). The van der Waals surface area contributed by atoms with Crippen LogP contribution in [0.15, 0.2) is 53.1 Å². The summed E-state index contributed by atoms with van der Waals surface area (Å²) in [6, 6.07) is 14.6. The first kappa shape index (κ1) is 22.5. The van der Waals surface area contributed by atoms with Gasteiger partial charge in [0.05, 0.1) is 6.54 Å². The fraction of sp³-hybridized carbons (Fsp3) is 0.423. The Labute approximate surface area is 199 Å². The van der Waals surface area contributed by atoms with Crippen LogP contribution in [0, 0.1) is 18.7 Å². The summed E-state index contributed by atoms with van der Waals surface area (Å²) in [4.78, 5) is 24.1. The molecule has 2 aromatic carbocycles. The van der Waals surface area contributed by atoms with Crippen LogP contribution < -0.4 is 4.90 Å². The van der Waals surface area contributed by atoms with E-state index in [0.29, 0.717) is 31.3 Å². The average Bonchev–Trinajstić information content (AvgIpc) is 3.33. The third-order valence-electron chi connectivity index (χ3n) is 6.86. The van der Waals surface area contributed by atoms with E-state index in [4.69, 9.17) is 4.52 Å². The molecule has 2 fully saturated rings. The molecule has 178 valence electrons. The maximum atomic E-state index is 13.2. The van der Waals surface area contributed by atoms with Crippen LogP contribution in [0.2, 0.25) is 0 Å². The van der Waals surface area contributed by atoms with Gasteiger partial charge in [-0.1, -0.05) is 35.0 Å². The van der Waals surface area contributed by atoms with Gasteiger partial charge in [0.25, 0.3) is 0 Å². The van der Waals surface area contributed by atoms with E-state index in [1.807, 2.05) is 36.1 Å². The van der Waals surface area contributed by atoms with Crippen LogP contribution in [-0.2, 0) is 11.3 Å². The van der Waals surface area contributed by atoms with E-state index in [1.54, 1.807) is 12.1 Å². The van der Waals surface area contributed by atoms with Crippen molar-refractivity contribution in [1.82, 2.24) is 19.9 Å². The lowest BCUT2D eigenvalue weighted by Gasteiger charge is -2.39. The predicted octanol–water partition coefficient (Wildman–Crippen LogP) is 3.74. The molecule has 2 aliphatic rings. The molecular weight excluding hydrogens is 433 g/mol. The van der Waals surface area contributed by atoms with E-state index in [2.05, 4.69) is 19.9 Å². The molecular formula is C26H30FN5O2. The summed E-state index contributed by atoms with van der Waals surface area (Å²) in [5.41, 5.74) is 3.15. The number of piperidine rings is 1. The number of hydrogen-bond acceptors (Lipinski definition) is 6. The van der Waals surface area contributed by atoms with Gasteiger partial charge in [0.1, 0.15) is 5.82 Å². The van der Waals surface area contributed by atoms with Crippen molar-refractivity contribution < 1.29 is 13.7 Å². The van der Waals surface area contributed by atoms with Gasteiger partial charge in [-0.3, -0.25) is 9.69 Å². The van der Waals surface area contributed by atoms with Gasteiger partial charge >= 0.3 is 0 Å². The second kappa shape index (κ2) is 9.93. The third-order valence-corrected chi connectivity index (χ3v) is 6.86. The molecule has 3 heterocycles. The third kappa shape index (κ3) is 5.12. The van der Waals surface area contributed by atoms with Gasteiger partial charge in [-0.15, -0.1) is 0 Å². The Bertz CT molecular complexity index is 1100. The summed E-state index contributed by atoms with van der Waals surface area (Å²) in [5, 5.41) is 4.12. The lowest BCUT2D eigenvalue weighted by Crippen LogP contribution is -2.51. The number of halogens is 1. The van der Waals surface area contributed by atoms with Crippen molar-refractivity contribution in [3.05, 3.63) is 65.8 Å². The highest BCUT2D eigenvalue weighted by Gasteiger charge is 2.31. The van der Waals surface area contributed by atoms with Gasteiger partial charge < -0.3 is 14.3 Å². The topological polar surface area (TPSA) is 65.7 Å². The summed E-state index contributed by atoms with van der Waals surface area (Å²) in [6.07, 6.45) is 1.69. The fourth-order valence-electron chi connectivity index (χ4n) is 4.76. The van der Waals surface area contributed by atoms with Crippen molar-refractivity contribution in [2.24, 2.45) is 5.92 Å². The Hall–Kier alpha value is -3.26. The molecule has 0 saturated carbocycles. The fourth-order valence-corrected chi connectivity index (χ4v) is 4.76. The number of benzene rings is 2. The summed E-state index contributed by atoms with van der Waals surface area (Å²) in [5.74, 6) is 1.32. The van der Waals surface area contributed by atoms with Gasteiger partial charge in [-0.05, 0) is 57.1 Å². The second-order valence-corrected chi connectivity index (χ2v) is 9.22. The first-order valence-corrected chi connectivity index (χ1v) is 12.0. The van der Waals surface area contributed by atoms with Crippen molar-refractivity contribution in [1.29, 1.82) is 0 Å². The molecule has 0 unspecified atom stereocenters. The number of aromatic nitrogens is 2. The lowest BCUT2D eigenvalue weighted by atomic mass is 9.95. The number of aryl methyl sites for hydroxylation is 1. The van der Waals surface area contributed by atoms with E-state index in [0.717, 1.165) is 50.3 Å². The van der Waals surface area contributed by atoms with Gasteiger partial charge in [0.2, 0.25) is 17.6 Å². The van der Waals surface area contributed by atoms with Crippen LogP contribution in [0.4, 0.5) is 10.1 Å². The Kier molecular flexibility index (Phi) is 6.58. The predicted molar refractivity (Wildman–Crippen MR) is 128 cm³/mol. The van der Waals surface area contributed by atoms with E-state index >= 15 is 0 Å². The molecule has 3 aromatic rings.